The maximum absolute atomic E-state index is 13.9. The Hall–Kier alpha value is -2.90. The van der Waals surface area contributed by atoms with Gasteiger partial charge in [-0.15, -0.1) is 0 Å². The maximum atomic E-state index is 13.9. The number of aliphatic carboxylic acids is 1. The highest BCUT2D eigenvalue weighted by molar-refractivity contribution is 6.02. The summed E-state index contributed by atoms with van der Waals surface area (Å²) in [7, 11) is 0. The van der Waals surface area contributed by atoms with E-state index >= 15 is 0 Å². The number of hydrogen-bond donors (Lipinski definition) is 2. The number of anilines is 1. The van der Waals surface area contributed by atoms with Crippen molar-refractivity contribution in [2.24, 2.45) is 0 Å². The number of hydrogen-bond acceptors (Lipinski definition) is 5. The van der Waals surface area contributed by atoms with Gasteiger partial charge in [0.15, 0.2) is 23.4 Å². The summed E-state index contributed by atoms with van der Waals surface area (Å²) in [6.07, 6.45) is -1.19. The van der Waals surface area contributed by atoms with E-state index in [1.807, 2.05) is 13.8 Å². The standard InChI is InChI=1S/C16H17FN2O5/c1-8(2)14-7-12(19-24-14)15(20)18-10-4-5-13(11(17)6-10)23-9(3)16(21)22/h4-9H,1-3H3,(H,18,20)(H,21,22). The van der Waals surface area contributed by atoms with Crippen LogP contribution in [0, 0.1) is 5.82 Å². The van der Waals surface area contributed by atoms with Crippen molar-refractivity contribution in [3.8, 4) is 5.75 Å². The first-order chi connectivity index (χ1) is 11.3. The van der Waals surface area contributed by atoms with Gasteiger partial charge in [-0.1, -0.05) is 19.0 Å². The van der Waals surface area contributed by atoms with Gasteiger partial charge in [0.1, 0.15) is 5.76 Å². The number of amides is 1. The number of ether oxygens (including phenoxy) is 1. The van der Waals surface area contributed by atoms with Crippen molar-refractivity contribution in [3.05, 3.63) is 41.5 Å². The predicted octanol–water partition coefficient (Wildman–Crippen LogP) is 3.04. The van der Waals surface area contributed by atoms with E-state index in [2.05, 4.69) is 10.5 Å². The molecule has 1 heterocycles. The number of carboxylic acids is 1. The van der Waals surface area contributed by atoms with E-state index in [0.29, 0.717) is 5.76 Å². The third kappa shape index (κ3) is 4.09. The fourth-order valence-corrected chi connectivity index (χ4v) is 1.78. The molecule has 0 bridgehead atoms. The van der Waals surface area contributed by atoms with Crippen LogP contribution >= 0.6 is 0 Å². The minimum absolute atomic E-state index is 0.0823. The molecule has 1 aromatic heterocycles. The topological polar surface area (TPSA) is 102 Å². The molecule has 24 heavy (non-hydrogen) atoms. The molecule has 1 unspecified atom stereocenters. The molecular weight excluding hydrogens is 319 g/mol. The van der Waals surface area contributed by atoms with Crippen LogP contribution in [-0.2, 0) is 4.79 Å². The largest absolute Gasteiger partial charge is 0.479 e. The first-order valence-corrected chi connectivity index (χ1v) is 7.25. The van der Waals surface area contributed by atoms with Crippen LogP contribution in [0.4, 0.5) is 10.1 Å². The van der Waals surface area contributed by atoms with Crippen molar-refractivity contribution in [2.75, 3.05) is 5.32 Å². The lowest BCUT2D eigenvalue weighted by Crippen LogP contribution is -2.23. The third-order valence-electron chi connectivity index (χ3n) is 3.17. The quantitative estimate of drug-likeness (QED) is 0.841. The maximum Gasteiger partial charge on any atom is 0.344 e. The third-order valence-corrected chi connectivity index (χ3v) is 3.17. The van der Waals surface area contributed by atoms with Crippen LogP contribution in [0.15, 0.2) is 28.8 Å². The SMILES string of the molecule is CC(Oc1ccc(NC(=O)c2cc(C(C)C)on2)cc1F)C(=O)O. The van der Waals surface area contributed by atoms with E-state index in [-0.39, 0.29) is 23.0 Å². The van der Waals surface area contributed by atoms with Crippen molar-refractivity contribution >= 4 is 17.6 Å². The van der Waals surface area contributed by atoms with E-state index in [0.717, 1.165) is 6.07 Å². The lowest BCUT2D eigenvalue weighted by atomic mass is 10.1. The summed E-state index contributed by atoms with van der Waals surface area (Å²) in [5, 5.41) is 14.9. The summed E-state index contributed by atoms with van der Waals surface area (Å²) >= 11 is 0. The number of nitrogens with one attached hydrogen (secondary N) is 1. The second kappa shape index (κ2) is 7.12. The first-order valence-electron chi connectivity index (χ1n) is 7.25. The number of aromatic nitrogens is 1. The fourth-order valence-electron chi connectivity index (χ4n) is 1.78. The Morgan fingerprint density at radius 3 is 2.54 bits per heavy atom. The molecule has 0 radical (unpaired) electrons. The normalized spacial score (nSPS) is 12.0. The second-order valence-corrected chi connectivity index (χ2v) is 5.47. The minimum atomic E-state index is -1.21. The Labute approximate surface area is 137 Å². The summed E-state index contributed by atoms with van der Waals surface area (Å²) in [6, 6.07) is 5.19. The monoisotopic (exact) mass is 336 g/mol. The summed E-state index contributed by atoms with van der Waals surface area (Å²) in [5.74, 6) is -2.10. The molecule has 1 aromatic carbocycles. The minimum Gasteiger partial charge on any atom is -0.479 e. The van der Waals surface area contributed by atoms with Crippen molar-refractivity contribution in [2.45, 2.75) is 32.8 Å². The predicted molar refractivity (Wildman–Crippen MR) is 82.7 cm³/mol. The van der Waals surface area contributed by atoms with Gasteiger partial charge in [-0.05, 0) is 19.1 Å². The van der Waals surface area contributed by atoms with Crippen molar-refractivity contribution < 1.29 is 28.3 Å². The Kier molecular flexibility index (Phi) is 5.18. The van der Waals surface area contributed by atoms with Crippen molar-refractivity contribution in [1.29, 1.82) is 0 Å². The molecule has 0 aliphatic heterocycles. The number of rotatable bonds is 6. The van der Waals surface area contributed by atoms with E-state index in [1.165, 1.54) is 25.1 Å². The Bertz CT molecular complexity index is 757. The van der Waals surface area contributed by atoms with E-state index in [9.17, 15) is 14.0 Å². The van der Waals surface area contributed by atoms with Crippen molar-refractivity contribution in [3.63, 3.8) is 0 Å². The van der Waals surface area contributed by atoms with Gasteiger partial charge in [0.25, 0.3) is 5.91 Å². The number of carbonyl (C=O) groups excluding carboxylic acids is 1. The lowest BCUT2D eigenvalue weighted by Gasteiger charge is -2.12. The highest BCUT2D eigenvalue weighted by Crippen LogP contribution is 2.23. The van der Waals surface area contributed by atoms with Gasteiger partial charge in [-0.3, -0.25) is 4.79 Å². The van der Waals surface area contributed by atoms with Crippen LogP contribution in [0.25, 0.3) is 0 Å². The first kappa shape index (κ1) is 17.5. The lowest BCUT2D eigenvalue weighted by molar-refractivity contribution is -0.144. The molecule has 2 N–H and O–H groups in total. The zero-order valence-electron chi connectivity index (χ0n) is 13.4. The summed E-state index contributed by atoms with van der Waals surface area (Å²) in [5.41, 5.74) is 0.265. The molecule has 2 rings (SSSR count). The Morgan fingerprint density at radius 1 is 1.29 bits per heavy atom. The fraction of sp³-hybridized carbons (Fsp3) is 0.312. The number of halogens is 1. The van der Waals surface area contributed by atoms with Crippen LogP contribution in [0.5, 0.6) is 5.75 Å². The molecule has 8 heteroatoms. The van der Waals surface area contributed by atoms with Gasteiger partial charge in [-0.2, -0.15) is 0 Å². The van der Waals surface area contributed by atoms with Crippen LogP contribution in [0.3, 0.4) is 0 Å². The molecule has 0 saturated heterocycles. The molecule has 1 amide bonds. The van der Waals surface area contributed by atoms with Crippen molar-refractivity contribution in [1.82, 2.24) is 5.16 Å². The molecule has 2 aromatic rings. The van der Waals surface area contributed by atoms with Gasteiger partial charge < -0.3 is 19.7 Å². The molecule has 0 fully saturated rings. The van der Waals surface area contributed by atoms with Gasteiger partial charge in [0, 0.05) is 23.7 Å². The van der Waals surface area contributed by atoms with Gasteiger partial charge in [0.2, 0.25) is 0 Å². The van der Waals surface area contributed by atoms with Crippen LogP contribution in [-0.4, -0.2) is 28.2 Å². The molecule has 7 nitrogen and oxygen atoms in total. The summed E-state index contributed by atoms with van der Waals surface area (Å²) in [4.78, 5) is 22.8. The van der Waals surface area contributed by atoms with Crippen LogP contribution < -0.4 is 10.1 Å². The van der Waals surface area contributed by atoms with E-state index in [1.54, 1.807) is 0 Å². The zero-order valence-corrected chi connectivity index (χ0v) is 13.4. The molecule has 0 saturated carbocycles. The average Bonchev–Trinajstić information content (AvgIpc) is 3.00. The van der Waals surface area contributed by atoms with Gasteiger partial charge in [-0.25, -0.2) is 9.18 Å². The smallest absolute Gasteiger partial charge is 0.344 e. The van der Waals surface area contributed by atoms with E-state index in [4.69, 9.17) is 14.4 Å². The Balaban J connectivity index is 2.08. The van der Waals surface area contributed by atoms with E-state index < -0.39 is 23.8 Å². The molecule has 128 valence electrons. The van der Waals surface area contributed by atoms with Crippen LogP contribution in [0.1, 0.15) is 42.9 Å². The highest BCUT2D eigenvalue weighted by Gasteiger charge is 2.17. The number of nitrogens with zero attached hydrogens (tertiary/aromatic N) is 1. The molecular formula is C16H17FN2O5. The summed E-state index contributed by atoms with van der Waals surface area (Å²) < 4.78 is 23.9. The highest BCUT2D eigenvalue weighted by atomic mass is 19.1. The van der Waals surface area contributed by atoms with Gasteiger partial charge in [0.05, 0.1) is 0 Å². The molecule has 0 aliphatic carbocycles. The average molecular weight is 336 g/mol. The Morgan fingerprint density at radius 2 is 2.00 bits per heavy atom. The number of benzene rings is 1. The number of carboxylic acid groups (broad SMARTS) is 1. The number of carbonyl (C=O) groups is 2. The molecule has 0 aliphatic rings. The van der Waals surface area contributed by atoms with Crippen LogP contribution in [0.2, 0.25) is 0 Å². The van der Waals surface area contributed by atoms with Gasteiger partial charge >= 0.3 is 5.97 Å². The summed E-state index contributed by atoms with van der Waals surface area (Å²) in [6.45, 7) is 5.08. The molecule has 0 spiro atoms. The second-order valence-electron chi connectivity index (χ2n) is 5.47. The zero-order chi connectivity index (χ0) is 17.9. The molecule has 1 atom stereocenters.